The fraction of sp³-hybridized carbons (Fsp3) is 0.400. The molecule has 1 aliphatic rings. The van der Waals surface area contributed by atoms with Crippen molar-refractivity contribution in [2.75, 3.05) is 0 Å². The Morgan fingerprint density at radius 1 is 1.80 bits per heavy atom. The van der Waals surface area contributed by atoms with Gasteiger partial charge in [-0.25, -0.2) is 0 Å². The highest BCUT2D eigenvalue weighted by Gasteiger charge is 2.28. The lowest BCUT2D eigenvalue weighted by Gasteiger charge is -1.88. The summed E-state index contributed by atoms with van der Waals surface area (Å²) in [6, 6.07) is 0. The number of aliphatic hydroxyl groups is 1. The second-order valence-electron chi connectivity index (χ2n) is 1.80. The number of carbonyl (C=O) groups excluding carboxylic acids is 1. The van der Waals surface area contributed by atoms with Gasteiger partial charge in [0, 0.05) is 6.42 Å². The minimum absolute atomic E-state index is 0.112. The van der Waals surface area contributed by atoms with E-state index in [-0.39, 0.29) is 17.1 Å². The van der Waals surface area contributed by atoms with E-state index in [1.165, 1.54) is 0 Å². The quantitative estimate of drug-likeness (QED) is 0.354. The third kappa shape index (κ3) is 1.18. The van der Waals surface area contributed by atoms with E-state index >= 15 is 0 Å². The molecule has 54 valence electrons. The Morgan fingerprint density at radius 2 is 2.50 bits per heavy atom. The van der Waals surface area contributed by atoms with Crippen molar-refractivity contribution in [2.24, 2.45) is 5.18 Å². The monoisotopic (exact) mass is 159 g/mol. The van der Waals surface area contributed by atoms with Crippen molar-refractivity contribution in [3.63, 3.8) is 0 Å². The first kappa shape index (κ1) is 7.27. The number of aliphatic hydroxyl groups excluding tert-OH is 1. The van der Waals surface area contributed by atoms with Gasteiger partial charge in [-0.15, -0.1) is 4.91 Å². The topological polar surface area (TPSA) is 66.7 Å². The molecule has 1 heterocycles. The molecule has 0 spiro atoms. The van der Waals surface area contributed by atoms with Crippen LogP contribution in [0.4, 0.5) is 0 Å². The van der Waals surface area contributed by atoms with Gasteiger partial charge in [-0.05, 0) is 0 Å². The van der Waals surface area contributed by atoms with Crippen LogP contribution in [0.25, 0.3) is 0 Å². The van der Waals surface area contributed by atoms with Crippen LogP contribution in [-0.2, 0) is 4.79 Å². The van der Waals surface area contributed by atoms with Gasteiger partial charge in [0.2, 0.25) is 0 Å². The summed E-state index contributed by atoms with van der Waals surface area (Å²) >= 11 is 1.00. The number of allylic oxidation sites excluding steroid dienone is 1. The molecule has 1 unspecified atom stereocenters. The number of hydrogen-bond donors (Lipinski definition) is 1. The van der Waals surface area contributed by atoms with E-state index < -0.39 is 5.37 Å². The summed E-state index contributed by atoms with van der Waals surface area (Å²) in [5.74, 6) is -0.211. The van der Waals surface area contributed by atoms with Crippen LogP contribution in [-0.4, -0.2) is 16.3 Å². The van der Waals surface area contributed by atoms with Crippen LogP contribution >= 0.6 is 11.8 Å². The maximum absolute atomic E-state index is 10.7. The highest BCUT2D eigenvalue weighted by Crippen LogP contribution is 2.34. The number of nitroso groups, excluding NO2 is 1. The minimum atomic E-state index is -0.536. The van der Waals surface area contributed by atoms with Crippen molar-refractivity contribution in [3.05, 3.63) is 16.1 Å². The molecule has 0 radical (unpaired) electrons. The van der Waals surface area contributed by atoms with E-state index in [1.54, 1.807) is 0 Å². The van der Waals surface area contributed by atoms with E-state index in [2.05, 4.69) is 5.18 Å². The second-order valence-corrected chi connectivity index (χ2v) is 3.02. The number of Topliss-reactive ketones (excluding diaryl/α,β-unsaturated/α-hetero) is 1. The first-order chi connectivity index (χ1) is 4.77. The van der Waals surface area contributed by atoms with Gasteiger partial charge in [0.05, 0.1) is 11.2 Å². The van der Waals surface area contributed by atoms with Gasteiger partial charge in [-0.3, -0.25) is 4.79 Å². The Morgan fingerprint density at radius 3 is 2.80 bits per heavy atom. The van der Waals surface area contributed by atoms with Crippen LogP contribution in [0.1, 0.15) is 6.42 Å². The Balaban J connectivity index is 2.70. The molecule has 0 amide bonds. The standard InChI is InChI=1S/C5H5NO3S/c7-2-4-3(8)1-5(6-9)10-4/h2,5,7H,1H2. The van der Waals surface area contributed by atoms with Crippen molar-refractivity contribution in [2.45, 2.75) is 11.8 Å². The third-order valence-electron chi connectivity index (χ3n) is 1.13. The zero-order valence-corrected chi connectivity index (χ0v) is 5.80. The van der Waals surface area contributed by atoms with Gasteiger partial charge in [-0.1, -0.05) is 16.9 Å². The van der Waals surface area contributed by atoms with Crippen LogP contribution in [0.5, 0.6) is 0 Å². The van der Waals surface area contributed by atoms with Crippen LogP contribution in [0.15, 0.2) is 16.3 Å². The number of nitrogens with zero attached hydrogens (tertiary/aromatic N) is 1. The summed E-state index contributed by atoms with van der Waals surface area (Å²) in [5.41, 5.74) is 0. The maximum Gasteiger partial charge on any atom is 0.175 e. The summed E-state index contributed by atoms with van der Waals surface area (Å²) in [4.78, 5) is 20.8. The Hall–Kier alpha value is -0.840. The number of carbonyl (C=O) groups is 1. The van der Waals surface area contributed by atoms with Crippen molar-refractivity contribution in [1.29, 1.82) is 0 Å². The van der Waals surface area contributed by atoms with Crippen molar-refractivity contribution in [1.82, 2.24) is 0 Å². The molecule has 0 aromatic carbocycles. The lowest BCUT2D eigenvalue weighted by molar-refractivity contribution is -0.114. The fourth-order valence-electron chi connectivity index (χ4n) is 0.674. The van der Waals surface area contributed by atoms with Gasteiger partial charge < -0.3 is 5.11 Å². The van der Waals surface area contributed by atoms with Crippen molar-refractivity contribution >= 4 is 17.5 Å². The molecule has 1 N–H and O–H groups in total. The first-order valence-electron chi connectivity index (χ1n) is 2.64. The highest BCUT2D eigenvalue weighted by molar-refractivity contribution is 8.05. The zero-order chi connectivity index (χ0) is 7.56. The predicted molar refractivity (Wildman–Crippen MR) is 37.5 cm³/mol. The number of rotatable bonds is 1. The van der Waals surface area contributed by atoms with Crippen LogP contribution in [0.2, 0.25) is 0 Å². The van der Waals surface area contributed by atoms with Crippen LogP contribution < -0.4 is 0 Å². The van der Waals surface area contributed by atoms with Gasteiger partial charge >= 0.3 is 0 Å². The molecule has 1 atom stereocenters. The average Bonchev–Trinajstić information content (AvgIpc) is 2.30. The number of ketones is 1. The van der Waals surface area contributed by atoms with Gasteiger partial charge in [0.25, 0.3) is 0 Å². The Labute approximate surface area is 61.3 Å². The summed E-state index contributed by atoms with van der Waals surface area (Å²) < 4.78 is 0. The molecular formula is C5H5NO3S. The van der Waals surface area contributed by atoms with Gasteiger partial charge in [-0.2, -0.15) is 0 Å². The summed E-state index contributed by atoms with van der Waals surface area (Å²) in [7, 11) is 0. The van der Waals surface area contributed by atoms with Crippen molar-refractivity contribution < 1.29 is 9.90 Å². The number of hydrogen-bond acceptors (Lipinski definition) is 5. The Bertz CT molecular complexity index is 201. The lowest BCUT2D eigenvalue weighted by Crippen LogP contribution is -1.94. The average molecular weight is 159 g/mol. The van der Waals surface area contributed by atoms with E-state index in [0.29, 0.717) is 0 Å². The van der Waals surface area contributed by atoms with Crippen LogP contribution in [0, 0.1) is 4.91 Å². The van der Waals surface area contributed by atoms with Gasteiger partial charge in [0.1, 0.15) is 5.37 Å². The largest absolute Gasteiger partial charge is 0.514 e. The van der Waals surface area contributed by atoms with Gasteiger partial charge in [0.15, 0.2) is 5.78 Å². The molecule has 0 aliphatic carbocycles. The molecule has 0 aromatic rings. The third-order valence-corrected chi connectivity index (χ3v) is 2.24. The molecule has 1 rings (SSSR count). The van der Waals surface area contributed by atoms with E-state index in [4.69, 9.17) is 5.11 Å². The minimum Gasteiger partial charge on any atom is -0.514 e. The molecular weight excluding hydrogens is 154 g/mol. The highest BCUT2D eigenvalue weighted by atomic mass is 32.2. The fourth-order valence-corrected chi connectivity index (χ4v) is 1.52. The molecule has 0 aromatic heterocycles. The normalized spacial score (nSPS) is 29.4. The Kier molecular flexibility index (Phi) is 2.06. The molecule has 10 heavy (non-hydrogen) atoms. The molecule has 1 fully saturated rings. The maximum atomic E-state index is 10.7. The smallest absolute Gasteiger partial charge is 0.175 e. The SMILES string of the molecule is O=NC1CC(=O)C(=CO)S1. The van der Waals surface area contributed by atoms with E-state index in [0.717, 1.165) is 18.0 Å². The van der Waals surface area contributed by atoms with Crippen molar-refractivity contribution in [3.8, 4) is 0 Å². The number of thioether (sulfide) groups is 1. The molecule has 5 heteroatoms. The molecule has 0 saturated carbocycles. The second kappa shape index (κ2) is 2.83. The van der Waals surface area contributed by atoms with E-state index in [1.807, 2.05) is 0 Å². The summed E-state index contributed by atoms with van der Waals surface area (Å²) in [6.07, 6.45) is 0.832. The summed E-state index contributed by atoms with van der Waals surface area (Å²) in [6.45, 7) is 0. The lowest BCUT2D eigenvalue weighted by atomic mass is 10.3. The van der Waals surface area contributed by atoms with Crippen LogP contribution in [0.3, 0.4) is 0 Å². The van der Waals surface area contributed by atoms with E-state index in [9.17, 15) is 9.70 Å². The summed E-state index contributed by atoms with van der Waals surface area (Å²) in [5, 5.41) is 10.5. The molecule has 1 aliphatic heterocycles. The molecule has 1 saturated heterocycles. The molecule has 0 bridgehead atoms. The predicted octanol–water partition coefficient (Wildman–Crippen LogP) is 1.18. The zero-order valence-electron chi connectivity index (χ0n) is 4.98. The molecule has 4 nitrogen and oxygen atoms in total. The first-order valence-corrected chi connectivity index (χ1v) is 3.52.